The van der Waals surface area contributed by atoms with Gasteiger partial charge in [-0.2, -0.15) is 14.9 Å². The molecular weight excluding hydrogens is 402 g/mol. The maximum Gasteiger partial charge on any atom is 0.292 e. The van der Waals surface area contributed by atoms with Crippen molar-refractivity contribution in [1.29, 1.82) is 0 Å². The molecule has 0 saturated carbocycles. The van der Waals surface area contributed by atoms with Gasteiger partial charge in [-0.05, 0) is 55.8 Å². The van der Waals surface area contributed by atoms with E-state index in [0.29, 0.717) is 17.1 Å². The van der Waals surface area contributed by atoms with Crippen molar-refractivity contribution >= 4 is 29.2 Å². The molecule has 0 atom stereocenters. The zero-order chi connectivity index (χ0) is 21.5. The van der Waals surface area contributed by atoms with E-state index < -0.39 is 5.56 Å². The first-order valence-electron chi connectivity index (χ1n) is 9.63. The third-order valence-corrected chi connectivity index (χ3v) is 5.02. The Morgan fingerprint density at radius 2 is 1.80 bits per heavy atom. The number of benzene rings is 2. The Hall–Kier alpha value is -3.32. The molecule has 1 N–H and O–H groups in total. The second-order valence-corrected chi connectivity index (χ2v) is 6.80. The van der Waals surface area contributed by atoms with Gasteiger partial charge < -0.3 is 9.64 Å². The summed E-state index contributed by atoms with van der Waals surface area (Å²) in [6.45, 7) is 6.17. The van der Waals surface area contributed by atoms with E-state index in [9.17, 15) is 4.79 Å². The minimum absolute atomic E-state index is 0.00912. The van der Waals surface area contributed by atoms with Gasteiger partial charge in [0.25, 0.3) is 5.56 Å². The van der Waals surface area contributed by atoms with Crippen LogP contribution in [-0.4, -0.2) is 36.2 Å². The van der Waals surface area contributed by atoms with E-state index in [1.165, 1.54) is 16.6 Å². The monoisotopic (exact) mass is 425 g/mol. The molecule has 0 saturated heterocycles. The highest BCUT2D eigenvalue weighted by Crippen LogP contribution is 2.18. The first-order valence-corrected chi connectivity index (χ1v) is 10.0. The summed E-state index contributed by atoms with van der Waals surface area (Å²) < 4.78 is 6.35. The topological polar surface area (TPSA) is 71.8 Å². The fourth-order valence-corrected chi connectivity index (χ4v) is 3.13. The highest BCUT2D eigenvalue weighted by molar-refractivity contribution is 6.32. The summed E-state index contributed by atoms with van der Waals surface area (Å²) in [5.74, 6) is 0.690. The molecule has 0 aliphatic rings. The minimum atomic E-state index is -0.439. The van der Waals surface area contributed by atoms with E-state index in [1.54, 1.807) is 37.6 Å². The maximum atomic E-state index is 12.6. The molecule has 1 aromatic heterocycles. The van der Waals surface area contributed by atoms with E-state index in [4.69, 9.17) is 16.3 Å². The number of hydrogen-bond acceptors (Lipinski definition) is 6. The third kappa shape index (κ3) is 4.80. The molecule has 2 aromatic carbocycles. The van der Waals surface area contributed by atoms with Crippen molar-refractivity contribution in [2.45, 2.75) is 13.8 Å². The fraction of sp³-hybridized carbons (Fsp3) is 0.227. The smallest absolute Gasteiger partial charge is 0.292 e. The van der Waals surface area contributed by atoms with Crippen molar-refractivity contribution in [3.05, 3.63) is 75.7 Å². The van der Waals surface area contributed by atoms with Crippen molar-refractivity contribution in [3.63, 3.8) is 0 Å². The van der Waals surface area contributed by atoms with Crippen molar-refractivity contribution < 1.29 is 4.74 Å². The molecule has 0 radical (unpaired) electrons. The van der Waals surface area contributed by atoms with Crippen molar-refractivity contribution in [2.24, 2.45) is 5.10 Å². The first-order chi connectivity index (χ1) is 14.6. The molecule has 0 aliphatic carbocycles. The number of aromatic nitrogens is 2. The zero-order valence-electron chi connectivity index (χ0n) is 17.2. The van der Waals surface area contributed by atoms with Crippen LogP contribution in [0.5, 0.6) is 5.75 Å². The predicted octanol–water partition coefficient (Wildman–Crippen LogP) is 4.19. The summed E-state index contributed by atoms with van der Waals surface area (Å²) in [6.07, 6.45) is 3.13. The normalized spacial score (nSPS) is 10.9. The minimum Gasteiger partial charge on any atom is -0.497 e. The predicted molar refractivity (Wildman–Crippen MR) is 123 cm³/mol. The Labute approximate surface area is 180 Å². The number of ether oxygens (including phenoxy) is 1. The van der Waals surface area contributed by atoms with Gasteiger partial charge in [0.15, 0.2) is 0 Å². The Bertz CT molecular complexity index is 1060. The van der Waals surface area contributed by atoms with Gasteiger partial charge >= 0.3 is 0 Å². The lowest BCUT2D eigenvalue weighted by Crippen LogP contribution is -2.22. The molecule has 156 valence electrons. The summed E-state index contributed by atoms with van der Waals surface area (Å²) in [5, 5.41) is 8.36. The summed E-state index contributed by atoms with van der Waals surface area (Å²) in [5.41, 5.74) is 5.37. The molecule has 0 bridgehead atoms. The number of hydrazone groups is 1. The summed E-state index contributed by atoms with van der Waals surface area (Å²) >= 11 is 6.24. The van der Waals surface area contributed by atoms with Gasteiger partial charge in [0.1, 0.15) is 16.5 Å². The van der Waals surface area contributed by atoms with Gasteiger partial charge in [-0.3, -0.25) is 10.2 Å². The van der Waals surface area contributed by atoms with Gasteiger partial charge in [0.2, 0.25) is 0 Å². The standard InChI is InChI=1S/C22H24ClN5O2/c1-4-27(5-2)17-8-6-16(7-9-17)14-24-26-20-15-25-28(22(29)21(20)23)18-10-12-19(30-3)13-11-18/h6-15,26H,4-5H2,1-3H3/b24-14-. The largest absolute Gasteiger partial charge is 0.497 e. The zero-order valence-corrected chi connectivity index (χ0v) is 17.9. The van der Waals surface area contributed by atoms with Crippen LogP contribution in [0.1, 0.15) is 19.4 Å². The number of anilines is 2. The summed E-state index contributed by atoms with van der Waals surface area (Å²) in [7, 11) is 1.58. The highest BCUT2D eigenvalue weighted by Gasteiger charge is 2.10. The van der Waals surface area contributed by atoms with Crippen LogP contribution in [0.2, 0.25) is 5.02 Å². The summed E-state index contributed by atoms with van der Waals surface area (Å²) in [4.78, 5) is 14.8. The van der Waals surface area contributed by atoms with E-state index in [-0.39, 0.29) is 5.02 Å². The van der Waals surface area contributed by atoms with Gasteiger partial charge in [0, 0.05) is 18.8 Å². The second kappa shape index (κ2) is 9.93. The van der Waals surface area contributed by atoms with E-state index in [1.807, 2.05) is 12.1 Å². The number of rotatable bonds is 8. The molecule has 0 unspecified atom stereocenters. The fourth-order valence-electron chi connectivity index (χ4n) is 2.95. The molecule has 30 heavy (non-hydrogen) atoms. The van der Waals surface area contributed by atoms with Crippen LogP contribution in [0.3, 0.4) is 0 Å². The van der Waals surface area contributed by atoms with Crippen LogP contribution in [-0.2, 0) is 0 Å². The SMILES string of the molecule is CCN(CC)c1ccc(/C=N\Nc2cnn(-c3ccc(OC)cc3)c(=O)c2Cl)cc1. The van der Waals surface area contributed by atoms with E-state index in [2.05, 4.69) is 46.5 Å². The average molecular weight is 426 g/mol. The molecule has 1 heterocycles. The molecule has 0 spiro atoms. The van der Waals surface area contributed by atoms with Gasteiger partial charge in [0.05, 0.1) is 25.2 Å². The maximum absolute atomic E-state index is 12.6. The third-order valence-electron chi connectivity index (χ3n) is 4.66. The van der Waals surface area contributed by atoms with Crippen LogP contribution < -0.4 is 20.6 Å². The highest BCUT2D eigenvalue weighted by atomic mass is 35.5. The Morgan fingerprint density at radius 3 is 2.40 bits per heavy atom. The number of halogens is 1. The lowest BCUT2D eigenvalue weighted by Gasteiger charge is -2.20. The molecule has 7 nitrogen and oxygen atoms in total. The molecule has 8 heteroatoms. The van der Waals surface area contributed by atoms with E-state index in [0.717, 1.165) is 18.7 Å². The van der Waals surface area contributed by atoms with Crippen LogP contribution in [0, 0.1) is 0 Å². The summed E-state index contributed by atoms with van der Waals surface area (Å²) in [6, 6.07) is 15.0. The average Bonchev–Trinajstić information content (AvgIpc) is 2.79. The molecule has 0 aliphatic heterocycles. The van der Waals surface area contributed by atoms with Gasteiger partial charge in [-0.1, -0.05) is 23.7 Å². The molecule has 3 rings (SSSR count). The Balaban J connectivity index is 1.72. The van der Waals surface area contributed by atoms with E-state index >= 15 is 0 Å². The first kappa shape index (κ1) is 21.4. The lowest BCUT2D eigenvalue weighted by molar-refractivity contribution is 0.414. The van der Waals surface area contributed by atoms with Crippen LogP contribution in [0.25, 0.3) is 5.69 Å². The number of nitrogens with one attached hydrogen (secondary N) is 1. The van der Waals surface area contributed by atoms with Gasteiger partial charge in [-0.25, -0.2) is 0 Å². The van der Waals surface area contributed by atoms with Crippen LogP contribution in [0.15, 0.2) is 64.6 Å². The molecular formula is C22H24ClN5O2. The second-order valence-electron chi connectivity index (χ2n) is 6.42. The number of nitrogens with zero attached hydrogens (tertiary/aromatic N) is 4. The van der Waals surface area contributed by atoms with Crippen molar-refractivity contribution in [1.82, 2.24) is 9.78 Å². The number of hydrogen-bond donors (Lipinski definition) is 1. The van der Waals surface area contributed by atoms with Crippen molar-refractivity contribution in [3.8, 4) is 11.4 Å². The van der Waals surface area contributed by atoms with Gasteiger partial charge in [-0.15, -0.1) is 0 Å². The number of methoxy groups -OCH3 is 1. The molecule has 0 amide bonds. The van der Waals surface area contributed by atoms with Crippen LogP contribution >= 0.6 is 11.6 Å². The molecule has 3 aromatic rings. The quantitative estimate of drug-likeness (QED) is 0.433. The van der Waals surface area contributed by atoms with Crippen LogP contribution in [0.4, 0.5) is 11.4 Å². The van der Waals surface area contributed by atoms with Crippen molar-refractivity contribution in [2.75, 3.05) is 30.5 Å². The Kier molecular flexibility index (Phi) is 7.08. The molecule has 0 fully saturated rings. The lowest BCUT2D eigenvalue weighted by atomic mass is 10.2. The Morgan fingerprint density at radius 1 is 1.13 bits per heavy atom.